The van der Waals surface area contributed by atoms with E-state index in [9.17, 15) is 0 Å². The number of methoxy groups -OCH3 is 1. The lowest BCUT2D eigenvalue weighted by Gasteiger charge is -2.17. The minimum Gasteiger partial charge on any atom is -0.493 e. The Morgan fingerprint density at radius 1 is 1.65 bits per heavy atom. The van der Waals surface area contributed by atoms with Crippen LogP contribution in [0.25, 0.3) is 0 Å². The molecule has 0 aliphatic heterocycles. The fourth-order valence-electron chi connectivity index (χ4n) is 1.70. The summed E-state index contributed by atoms with van der Waals surface area (Å²) in [6.07, 6.45) is 1.68. The Morgan fingerprint density at radius 3 is 2.94 bits per heavy atom. The van der Waals surface area contributed by atoms with Crippen LogP contribution in [0, 0.1) is 0 Å². The number of rotatable bonds is 4. The summed E-state index contributed by atoms with van der Waals surface area (Å²) in [6.45, 7) is 0. The van der Waals surface area contributed by atoms with Gasteiger partial charge in [0.25, 0.3) is 0 Å². The van der Waals surface area contributed by atoms with Crippen molar-refractivity contribution >= 4 is 27.3 Å². The molecule has 1 unspecified atom stereocenters. The molecule has 0 aliphatic carbocycles. The predicted molar refractivity (Wildman–Crippen MR) is 70.9 cm³/mol. The third kappa shape index (κ3) is 2.23. The first kappa shape index (κ1) is 12.6. The topological polar surface area (TPSA) is 65.1 Å². The number of aromatic nitrogens is 2. The normalized spacial score (nSPS) is 12.7. The van der Waals surface area contributed by atoms with Crippen LogP contribution in [-0.4, -0.2) is 16.9 Å². The Bertz CT molecular complexity index is 510. The van der Waals surface area contributed by atoms with Crippen molar-refractivity contribution in [3.8, 4) is 5.75 Å². The third-order valence-corrected chi connectivity index (χ3v) is 4.45. The molecule has 0 amide bonds. The van der Waals surface area contributed by atoms with E-state index in [-0.39, 0.29) is 6.04 Å². The second kappa shape index (κ2) is 5.18. The Kier molecular flexibility index (Phi) is 3.82. The third-order valence-electron chi connectivity index (χ3n) is 2.52. The van der Waals surface area contributed by atoms with Crippen molar-refractivity contribution in [3.63, 3.8) is 0 Å². The van der Waals surface area contributed by atoms with E-state index in [4.69, 9.17) is 10.6 Å². The second-order valence-electron chi connectivity index (χ2n) is 3.45. The number of nitrogens with zero attached hydrogens (tertiary/aromatic N) is 2. The zero-order valence-electron chi connectivity index (χ0n) is 9.48. The van der Waals surface area contributed by atoms with Crippen molar-refractivity contribution in [2.75, 3.05) is 7.11 Å². The van der Waals surface area contributed by atoms with Gasteiger partial charge >= 0.3 is 0 Å². The van der Waals surface area contributed by atoms with Gasteiger partial charge in [-0.2, -0.15) is 5.10 Å². The van der Waals surface area contributed by atoms with E-state index in [1.807, 2.05) is 18.5 Å². The van der Waals surface area contributed by atoms with Crippen LogP contribution in [0.5, 0.6) is 5.75 Å². The summed E-state index contributed by atoms with van der Waals surface area (Å²) >= 11 is 5.13. The minimum absolute atomic E-state index is 0.146. The summed E-state index contributed by atoms with van der Waals surface area (Å²) in [6, 6.07) is 1.85. The van der Waals surface area contributed by atoms with Crippen molar-refractivity contribution in [1.29, 1.82) is 0 Å². The van der Waals surface area contributed by atoms with Crippen LogP contribution in [0.1, 0.15) is 16.6 Å². The van der Waals surface area contributed by atoms with E-state index < -0.39 is 0 Å². The Balaban J connectivity index is 2.49. The SMILES string of the molecule is COc1cnn(C)c1C(NN)c1sccc1Br. The number of aryl methyl sites for hydroxylation is 1. The molecule has 0 aliphatic rings. The fraction of sp³-hybridized carbons (Fsp3) is 0.300. The quantitative estimate of drug-likeness (QED) is 0.667. The van der Waals surface area contributed by atoms with Crippen molar-refractivity contribution in [2.45, 2.75) is 6.04 Å². The number of hydrogen-bond donors (Lipinski definition) is 2. The molecule has 2 rings (SSSR count). The average Bonchev–Trinajstić information content (AvgIpc) is 2.89. The molecule has 0 aromatic carbocycles. The van der Waals surface area contributed by atoms with E-state index in [1.54, 1.807) is 29.3 Å². The number of nitrogens with one attached hydrogen (secondary N) is 1. The van der Waals surface area contributed by atoms with E-state index >= 15 is 0 Å². The number of nitrogens with two attached hydrogens (primary N) is 1. The lowest BCUT2D eigenvalue weighted by atomic mass is 10.1. The number of hydrogen-bond acceptors (Lipinski definition) is 5. The van der Waals surface area contributed by atoms with Gasteiger partial charge in [0.2, 0.25) is 0 Å². The van der Waals surface area contributed by atoms with Crippen molar-refractivity contribution < 1.29 is 4.74 Å². The highest BCUT2D eigenvalue weighted by atomic mass is 79.9. The molecule has 0 fully saturated rings. The van der Waals surface area contributed by atoms with Gasteiger partial charge in [-0.25, -0.2) is 5.43 Å². The molecular formula is C10H13BrN4OS. The highest BCUT2D eigenvalue weighted by molar-refractivity contribution is 9.10. The Labute approximate surface area is 112 Å². The van der Waals surface area contributed by atoms with Crippen LogP contribution >= 0.6 is 27.3 Å². The predicted octanol–water partition coefficient (Wildman–Crippen LogP) is 1.81. The molecule has 2 aromatic heterocycles. The summed E-state index contributed by atoms with van der Waals surface area (Å²) in [5.74, 6) is 6.37. The monoisotopic (exact) mass is 316 g/mol. The summed E-state index contributed by atoms with van der Waals surface area (Å²) < 4.78 is 8.08. The zero-order valence-corrected chi connectivity index (χ0v) is 11.9. The van der Waals surface area contributed by atoms with Gasteiger partial charge in [-0.05, 0) is 27.4 Å². The maximum Gasteiger partial charge on any atom is 0.162 e. The summed E-state index contributed by atoms with van der Waals surface area (Å²) in [7, 11) is 3.49. The number of hydrazine groups is 1. The molecule has 0 saturated carbocycles. The van der Waals surface area contributed by atoms with Crippen LogP contribution in [0.15, 0.2) is 22.1 Å². The maximum atomic E-state index is 5.66. The Hall–Kier alpha value is -0.890. The van der Waals surface area contributed by atoms with Crippen molar-refractivity contribution in [3.05, 3.63) is 32.7 Å². The van der Waals surface area contributed by atoms with Crippen LogP contribution in [0.3, 0.4) is 0 Å². The molecule has 3 N–H and O–H groups in total. The van der Waals surface area contributed by atoms with Gasteiger partial charge in [0.15, 0.2) is 5.75 Å². The molecule has 0 saturated heterocycles. The summed E-state index contributed by atoms with van der Waals surface area (Å²) in [4.78, 5) is 1.09. The van der Waals surface area contributed by atoms with Crippen LogP contribution < -0.4 is 16.0 Å². The molecule has 1 atom stereocenters. The van der Waals surface area contributed by atoms with Crippen LogP contribution in [0.2, 0.25) is 0 Å². The average molecular weight is 317 g/mol. The number of ether oxygens (including phenoxy) is 1. The zero-order chi connectivity index (χ0) is 12.4. The molecule has 2 heterocycles. The molecule has 92 valence electrons. The molecule has 7 heteroatoms. The van der Waals surface area contributed by atoms with Crippen molar-refractivity contribution in [2.24, 2.45) is 12.9 Å². The first-order valence-electron chi connectivity index (χ1n) is 4.94. The smallest absolute Gasteiger partial charge is 0.162 e. The number of halogens is 1. The van der Waals surface area contributed by atoms with E-state index in [1.165, 1.54) is 0 Å². The maximum absolute atomic E-state index is 5.66. The molecule has 0 radical (unpaired) electrons. The lowest BCUT2D eigenvalue weighted by Crippen LogP contribution is -2.30. The highest BCUT2D eigenvalue weighted by Gasteiger charge is 2.24. The van der Waals surface area contributed by atoms with Gasteiger partial charge in [-0.3, -0.25) is 10.5 Å². The van der Waals surface area contributed by atoms with E-state index in [2.05, 4.69) is 26.5 Å². The minimum atomic E-state index is -0.146. The van der Waals surface area contributed by atoms with Gasteiger partial charge in [-0.1, -0.05) is 0 Å². The van der Waals surface area contributed by atoms with Crippen LogP contribution in [0.4, 0.5) is 0 Å². The lowest BCUT2D eigenvalue weighted by molar-refractivity contribution is 0.401. The molecular weight excluding hydrogens is 304 g/mol. The standard InChI is InChI=1S/C10H13BrN4OS/c1-15-9(7(16-2)5-13-15)8(14-12)10-6(11)3-4-17-10/h3-5,8,14H,12H2,1-2H3. The van der Waals surface area contributed by atoms with E-state index in [0.717, 1.165) is 20.8 Å². The van der Waals surface area contributed by atoms with Gasteiger partial charge in [0.1, 0.15) is 11.7 Å². The largest absolute Gasteiger partial charge is 0.493 e. The second-order valence-corrected chi connectivity index (χ2v) is 5.26. The molecule has 0 bridgehead atoms. The molecule has 5 nitrogen and oxygen atoms in total. The summed E-state index contributed by atoms with van der Waals surface area (Å²) in [5.41, 5.74) is 3.70. The van der Waals surface area contributed by atoms with Crippen LogP contribution in [-0.2, 0) is 7.05 Å². The first-order valence-corrected chi connectivity index (χ1v) is 6.61. The van der Waals surface area contributed by atoms with Gasteiger partial charge < -0.3 is 4.74 Å². The van der Waals surface area contributed by atoms with Crippen molar-refractivity contribution in [1.82, 2.24) is 15.2 Å². The van der Waals surface area contributed by atoms with Gasteiger partial charge in [-0.15, -0.1) is 11.3 Å². The Morgan fingerprint density at radius 2 is 2.41 bits per heavy atom. The summed E-state index contributed by atoms with van der Waals surface area (Å²) in [5, 5.41) is 6.19. The van der Waals surface area contributed by atoms with E-state index in [0.29, 0.717) is 0 Å². The molecule has 0 spiro atoms. The highest BCUT2D eigenvalue weighted by Crippen LogP contribution is 2.35. The number of thiophene rings is 1. The van der Waals surface area contributed by atoms with Gasteiger partial charge in [0, 0.05) is 16.4 Å². The molecule has 17 heavy (non-hydrogen) atoms. The first-order chi connectivity index (χ1) is 8.19. The fourth-order valence-corrected chi connectivity index (χ4v) is 3.37. The van der Waals surface area contributed by atoms with Gasteiger partial charge in [0.05, 0.1) is 13.3 Å². The molecule has 2 aromatic rings.